The monoisotopic (exact) mass is 1570 g/mol. The van der Waals surface area contributed by atoms with Crippen molar-refractivity contribution >= 4 is 80.3 Å². The second kappa shape index (κ2) is 38.1. The number of fused-ring (bicyclic) bond motifs is 2. The van der Waals surface area contributed by atoms with Crippen molar-refractivity contribution in [2.24, 2.45) is 11.8 Å². The molecule has 5 aliphatic heterocycles. The van der Waals surface area contributed by atoms with Gasteiger partial charge in [0.15, 0.2) is 11.5 Å². The van der Waals surface area contributed by atoms with E-state index in [9.17, 15) is 87.4 Å². The van der Waals surface area contributed by atoms with Crippen molar-refractivity contribution in [2.75, 3.05) is 62.2 Å². The minimum absolute atomic E-state index is 0. The van der Waals surface area contributed by atoms with E-state index in [2.05, 4.69) is 40.5 Å². The van der Waals surface area contributed by atoms with Gasteiger partial charge in [-0.1, -0.05) is 67.9 Å². The van der Waals surface area contributed by atoms with Gasteiger partial charge in [-0.05, 0) is 95.4 Å². The van der Waals surface area contributed by atoms with Gasteiger partial charge >= 0.3 is 65.2 Å². The molecule has 6 fully saturated rings. The molecule has 7 amide bonds. The molecule has 4 aromatic rings. The summed E-state index contributed by atoms with van der Waals surface area (Å²) in [6.45, 7) is 7.50. The summed E-state index contributed by atoms with van der Waals surface area (Å²) in [6.07, 6.45) is -3.20. The number of rotatable bonds is 18. The van der Waals surface area contributed by atoms with Crippen molar-refractivity contribution in [3.05, 3.63) is 60.4 Å². The topological polar surface area (TPSA) is 502 Å². The smallest absolute Gasteiger partial charge is 0.716 e. The number of aromatic hydroxyl groups is 1. The summed E-state index contributed by atoms with van der Waals surface area (Å²) in [4.78, 5) is 132. The molecular formula is C69H93N13Na2O22S2. The van der Waals surface area contributed by atoms with Crippen molar-refractivity contribution in [3.8, 4) is 33.2 Å². The average Bonchev–Trinajstić information content (AvgIpc) is 1.61. The first-order valence-corrected chi connectivity index (χ1v) is 37.8. The molecule has 0 bridgehead atoms. The Hall–Kier alpha value is -6.53. The van der Waals surface area contributed by atoms with E-state index in [0.717, 1.165) is 90.4 Å². The normalized spacial score (nSPS) is 26.0. The molecule has 1 aliphatic carbocycles. The van der Waals surface area contributed by atoms with Crippen LogP contribution in [0.4, 0.5) is 15.9 Å². The van der Waals surface area contributed by atoms with Gasteiger partial charge in [0.25, 0.3) is 10.4 Å². The van der Waals surface area contributed by atoms with E-state index < -0.39 is 205 Å². The van der Waals surface area contributed by atoms with Crippen LogP contribution in [0.25, 0.3) is 21.7 Å². The molecule has 1 unspecified atom stereocenters. The molecule has 11 N–H and O–H groups in total. The van der Waals surface area contributed by atoms with Crippen LogP contribution in [0.15, 0.2) is 54.9 Å². The summed E-state index contributed by atoms with van der Waals surface area (Å²) in [6, 6.07) is -1.88. The van der Waals surface area contributed by atoms with Gasteiger partial charge in [-0.15, -0.1) is 10.2 Å². The first-order valence-electron chi connectivity index (χ1n) is 35.6. The predicted molar refractivity (Wildman–Crippen MR) is 373 cm³/mol. The Kier molecular flexibility index (Phi) is 30.7. The number of carboxylic acids is 1. The fourth-order valence-electron chi connectivity index (χ4n) is 14.4. The molecule has 6 aliphatic rings. The number of hydrogen-bond donors (Lipinski definition) is 11. The van der Waals surface area contributed by atoms with E-state index >= 15 is 4.79 Å². The molecule has 5 saturated heterocycles. The number of aliphatic carboxylic acids is 1. The van der Waals surface area contributed by atoms with Crippen LogP contribution in [0.1, 0.15) is 117 Å². The number of anilines is 2. The Bertz CT molecular complexity index is 3900. The summed E-state index contributed by atoms with van der Waals surface area (Å²) in [5.41, 5.74) is 1.18. The molecule has 10 rings (SSSR count). The number of amides is 7. The van der Waals surface area contributed by atoms with Crippen LogP contribution in [0.5, 0.6) is 11.5 Å². The van der Waals surface area contributed by atoms with Crippen LogP contribution in [0, 0.1) is 11.8 Å². The zero-order valence-corrected chi connectivity index (χ0v) is 67.0. The molecular weight excluding hydrogens is 1470 g/mol. The molecule has 13 atom stereocenters. The molecule has 580 valence electrons. The van der Waals surface area contributed by atoms with Gasteiger partial charge in [-0.2, -0.15) is 0 Å². The Morgan fingerprint density at radius 3 is 1.96 bits per heavy atom. The molecule has 35 nitrogen and oxygen atoms in total. The number of phenolic OH excluding ortho intramolecular Hbond substituents is 1. The second-order valence-electron chi connectivity index (χ2n) is 29.2. The number of nitrogens with one attached hydrogen (secondary N) is 4. The molecule has 2 aromatic heterocycles. The number of carboxylic acid groups (broad SMARTS) is 1. The summed E-state index contributed by atoms with van der Waals surface area (Å²) < 4.78 is 51.2. The third-order valence-electron chi connectivity index (χ3n) is 20.0. The Morgan fingerprint density at radius 2 is 1.33 bits per heavy atom. The standard InChI is InChI=1S/C69H95N13O22S2.2Na/c1-36-33-82-57(58(36)91)62(95)70-32-43(84)27-48(60(93)73-54(37(2)83)64(96)80-35-44(85)28-47(80)59(92)74-55(61(94)75-56(65(82)97)51(88)29-53(89)90)50(87)25-39-11-16-49(86)52(26-39)104-106(99,100)101)81(68(98)103-69(3,4)5)34-38-17-21-79(22-18-38)67-77-76-63(105-67)41-14-12-40(13-15-41)42-30-71-66(72-31-42)78-23-19-46(20-24-78)102-45-9-7-6-8-10-45;;/h11-16,26,30-31,36-38,43-48,50-51,54-58,83-88,91H,6-10,17-25,27-29,32-35H2,1-5H3,(H,70,95)(H,73,93)(H,74,92)(H,75,94)(H,89,90)(H,99,100,101);;/q;2*+1/p-2/t36-,37+,43+,44+,47-,48?,50+,51+,54-,55-,56-,57-,58-;;/m0../s1. The summed E-state index contributed by atoms with van der Waals surface area (Å²) in [7, 11) is -5.52. The minimum atomic E-state index is -5.52. The van der Waals surface area contributed by atoms with E-state index in [4.69, 9.17) is 19.4 Å². The maximum Gasteiger partial charge on any atom is 1.00 e. The van der Waals surface area contributed by atoms with Crippen molar-refractivity contribution in [1.82, 2.24) is 56.1 Å². The van der Waals surface area contributed by atoms with E-state index in [1.807, 2.05) is 41.6 Å². The first-order chi connectivity index (χ1) is 50.2. The van der Waals surface area contributed by atoms with E-state index in [1.54, 1.807) is 20.8 Å². The number of carbonyl (C=O) groups excluding carboxylic acids is 8. The summed E-state index contributed by atoms with van der Waals surface area (Å²) >= 11 is 1.37. The average molecular weight is 1570 g/mol. The molecule has 0 spiro atoms. The van der Waals surface area contributed by atoms with Gasteiger partial charge in [0.05, 0.1) is 48.8 Å². The molecule has 2 aromatic carbocycles. The maximum atomic E-state index is 15.3. The SMILES string of the molecule is C[C@@H](O)[C@@H]1NC(=O)C(N(CC2CCN(c3nnc(-c4ccc(-c5cnc(N6CCC(OC7CCCCC7)CC6)nc5)cc4)s3)CC2)C(=O)OC(C)(C)C)C[C@@H](O)CNC(=O)[C@@H]2[C@@H](O)[C@@H](C)CN2C(=O)[C@H]([C@H](O)CC(=O)[O-])NC(=O)[C@H]([C@H](O)Cc2ccc(O)c(OS(=O)(=O)[O-])c2)NC(=O)[C@@H]2C[C@@H](O)CN2C1=O.[Na+].[Na+]. The van der Waals surface area contributed by atoms with Gasteiger partial charge < -0.3 is 105 Å². The number of carbonyl (C=O) groups is 8. The number of β-amino-alcohol motifs (C(OH)–C–C–N with tert-alkyl or cyclic N) is 1. The van der Waals surface area contributed by atoms with Crippen molar-refractivity contribution < 1.29 is 165 Å². The van der Waals surface area contributed by atoms with Crippen molar-refractivity contribution in [2.45, 2.75) is 209 Å². The largest absolute Gasteiger partial charge is 1.00 e. The van der Waals surface area contributed by atoms with E-state index in [-0.39, 0.29) is 77.3 Å². The second-order valence-corrected chi connectivity index (χ2v) is 31.2. The Labute approximate surface area is 672 Å². The van der Waals surface area contributed by atoms with Gasteiger partial charge in [0.2, 0.25) is 46.5 Å². The number of aliphatic hydroxyl groups excluding tert-OH is 6. The number of nitrogens with zero attached hydrogens (tertiary/aromatic N) is 9. The fourth-order valence-corrected chi connectivity index (χ4v) is 15.6. The first kappa shape index (κ1) is 87.1. The van der Waals surface area contributed by atoms with E-state index in [1.165, 1.54) is 37.5 Å². The van der Waals surface area contributed by atoms with Crippen LogP contribution < -0.4 is 99.5 Å². The van der Waals surface area contributed by atoms with E-state index in [0.29, 0.717) is 53.0 Å². The molecule has 7 heterocycles. The Morgan fingerprint density at radius 1 is 0.722 bits per heavy atom. The zero-order valence-electron chi connectivity index (χ0n) is 61.4. The zero-order chi connectivity index (χ0) is 76.6. The third-order valence-corrected chi connectivity index (χ3v) is 21.4. The molecule has 108 heavy (non-hydrogen) atoms. The van der Waals surface area contributed by atoms with Gasteiger partial charge in [0, 0.05) is 113 Å². The summed E-state index contributed by atoms with van der Waals surface area (Å²) in [5.74, 6) is -12.3. The molecule has 0 radical (unpaired) electrons. The predicted octanol–water partition coefficient (Wildman–Crippen LogP) is -7.66. The van der Waals surface area contributed by atoms with Crippen LogP contribution in [0.2, 0.25) is 0 Å². The Balaban J connectivity index is 0.00000735. The van der Waals surface area contributed by atoms with Gasteiger partial charge in [0.1, 0.15) is 46.9 Å². The number of benzene rings is 2. The fraction of sp³-hybridized carbons (Fsp3) is 0.623. The van der Waals surface area contributed by atoms with Crippen LogP contribution in [-0.2, 0) is 59.9 Å². The number of aliphatic hydroxyl groups is 6. The van der Waals surface area contributed by atoms with Crippen LogP contribution >= 0.6 is 11.3 Å². The third kappa shape index (κ3) is 22.6. The number of hydrogen-bond acceptors (Lipinski definition) is 29. The van der Waals surface area contributed by atoms with Gasteiger partial charge in [-0.25, -0.2) is 23.2 Å². The number of aromatic nitrogens is 4. The number of ether oxygens (including phenoxy) is 2. The quantitative estimate of drug-likeness (QED) is 0.0250. The molecule has 1 saturated carbocycles. The summed E-state index contributed by atoms with van der Waals surface area (Å²) in [5, 5.41) is 111. The maximum absolute atomic E-state index is 15.3. The minimum Gasteiger partial charge on any atom is -0.716 e. The van der Waals surface area contributed by atoms with Crippen molar-refractivity contribution in [1.29, 1.82) is 0 Å². The number of piperidine rings is 2. The number of phenols is 1. The van der Waals surface area contributed by atoms with Crippen LogP contribution in [0.3, 0.4) is 0 Å². The van der Waals surface area contributed by atoms with Crippen molar-refractivity contribution in [3.63, 3.8) is 0 Å². The molecule has 39 heteroatoms. The van der Waals surface area contributed by atoms with Crippen LogP contribution in [-0.4, -0.2) is 274 Å². The van der Waals surface area contributed by atoms with Gasteiger partial charge in [-0.3, -0.25) is 33.7 Å².